The van der Waals surface area contributed by atoms with E-state index in [2.05, 4.69) is 102 Å². The van der Waals surface area contributed by atoms with Crippen LogP contribution in [0.4, 0.5) is 11.8 Å². The molecule has 0 radical (unpaired) electrons. The fourth-order valence-corrected chi connectivity index (χ4v) is 4.43. The largest absolute Gasteiger partial charge is 0.394 e. The summed E-state index contributed by atoms with van der Waals surface area (Å²) in [6, 6.07) is 27.8. The maximum absolute atomic E-state index is 9.64. The summed E-state index contributed by atoms with van der Waals surface area (Å²) in [5, 5.41) is 16.4. The predicted octanol–water partition coefficient (Wildman–Crippen LogP) is 6.54. The minimum atomic E-state index is -0.106. The number of aromatic nitrogens is 4. The molecule has 0 aliphatic carbocycles. The third-order valence-corrected chi connectivity index (χ3v) is 6.76. The van der Waals surface area contributed by atoms with Crippen molar-refractivity contribution in [1.82, 2.24) is 19.5 Å². The highest BCUT2D eigenvalue weighted by molar-refractivity contribution is 5.84. The van der Waals surface area contributed by atoms with E-state index in [1.165, 1.54) is 22.3 Å². The van der Waals surface area contributed by atoms with Gasteiger partial charge in [0, 0.05) is 12.6 Å². The van der Waals surface area contributed by atoms with Crippen LogP contribution in [0.2, 0.25) is 0 Å². The Kier molecular flexibility index (Phi) is 7.65. The molecule has 0 bridgehead atoms. The first-order chi connectivity index (χ1) is 18.6. The highest BCUT2D eigenvalue weighted by Crippen LogP contribution is 2.27. The smallest absolute Gasteiger partial charge is 0.227 e. The van der Waals surface area contributed by atoms with Crippen molar-refractivity contribution in [3.05, 3.63) is 90.8 Å². The zero-order valence-corrected chi connectivity index (χ0v) is 22.1. The number of benzene rings is 3. The number of hydrogen-bond donors (Lipinski definition) is 3. The molecule has 3 N–H and O–H groups in total. The minimum Gasteiger partial charge on any atom is -0.394 e. The summed E-state index contributed by atoms with van der Waals surface area (Å²) in [7, 11) is 0. The molecule has 0 aliphatic rings. The molecule has 0 amide bonds. The molecule has 194 valence electrons. The van der Waals surface area contributed by atoms with E-state index in [4.69, 9.17) is 9.97 Å². The highest BCUT2D eigenvalue weighted by Gasteiger charge is 2.16. The quantitative estimate of drug-likeness (QED) is 0.199. The lowest BCUT2D eigenvalue weighted by Crippen LogP contribution is -2.24. The van der Waals surface area contributed by atoms with Crippen molar-refractivity contribution in [3.63, 3.8) is 0 Å². The van der Waals surface area contributed by atoms with Crippen molar-refractivity contribution >= 4 is 22.9 Å². The van der Waals surface area contributed by atoms with Crippen LogP contribution < -0.4 is 10.6 Å². The number of anilines is 2. The summed E-state index contributed by atoms with van der Waals surface area (Å²) in [4.78, 5) is 14.0. The second-order valence-electron chi connectivity index (χ2n) is 9.74. The van der Waals surface area contributed by atoms with Gasteiger partial charge < -0.3 is 20.3 Å². The fourth-order valence-electron chi connectivity index (χ4n) is 4.43. The third-order valence-electron chi connectivity index (χ3n) is 6.76. The Morgan fingerprint density at radius 1 is 0.816 bits per heavy atom. The molecule has 1 atom stereocenters. The van der Waals surface area contributed by atoms with Gasteiger partial charge in [0.15, 0.2) is 17.0 Å². The normalized spacial score (nSPS) is 12.1. The molecular weight excluding hydrogens is 472 g/mol. The Bertz CT molecular complexity index is 1470. The first kappa shape index (κ1) is 25.4. The van der Waals surface area contributed by atoms with E-state index in [0.29, 0.717) is 18.3 Å². The second-order valence-corrected chi connectivity index (χ2v) is 9.74. The summed E-state index contributed by atoms with van der Waals surface area (Å²) < 4.78 is 2.03. The number of rotatable bonds is 10. The number of nitrogens with zero attached hydrogens (tertiary/aromatic N) is 4. The van der Waals surface area contributed by atoms with Gasteiger partial charge in [0.05, 0.1) is 19.0 Å². The van der Waals surface area contributed by atoms with Crippen LogP contribution in [0.1, 0.15) is 38.8 Å². The zero-order valence-electron chi connectivity index (χ0n) is 22.1. The lowest BCUT2D eigenvalue weighted by Gasteiger charge is -2.16. The summed E-state index contributed by atoms with van der Waals surface area (Å²) >= 11 is 0. The Morgan fingerprint density at radius 2 is 1.42 bits per heavy atom. The maximum Gasteiger partial charge on any atom is 0.227 e. The third kappa shape index (κ3) is 5.53. The summed E-state index contributed by atoms with van der Waals surface area (Å²) in [6.45, 7) is 6.84. The second kappa shape index (κ2) is 11.4. The highest BCUT2D eigenvalue weighted by atomic mass is 16.3. The van der Waals surface area contributed by atoms with Crippen molar-refractivity contribution in [3.8, 4) is 22.3 Å². The molecule has 0 fully saturated rings. The van der Waals surface area contributed by atoms with E-state index in [1.807, 2.05) is 17.6 Å². The molecule has 0 aliphatic heterocycles. The van der Waals surface area contributed by atoms with Crippen LogP contribution in [0, 0.1) is 0 Å². The standard InChI is InChI=1S/C31H34N6O/c1-4-27(19-38)34-31-35-29(28-30(36-31)37(20-33-28)21(2)3)32-18-22-10-12-24(13-11-22)26-16-14-25(15-17-26)23-8-6-5-7-9-23/h5-17,20-21,27,38H,4,18-19H2,1-3H3,(H2,32,34,35,36)/t27-/m1/s1. The predicted molar refractivity (Wildman–Crippen MR) is 155 cm³/mol. The van der Waals surface area contributed by atoms with Crippen molar-refractivity contribution < 1.29 is 5.11 Å². The van der Waals surface area contributed by atoms with E-state index in [1.54, 1.807) is 6.33 Å². The van der Waals surface area contributed by atoms with E-state index in [-0.39, 0.29) is 18.7 Å². The van der Waals surface area contributed by atoms with Gasteiger partial charge in [0.2, 0.25) is 5.95 Å². The van der Waals surface area contributed by atoms with Crippen LogP contribution in [0.15, 0.2) is 85.2 Å². The van der Waals surface area contributed by atoms with Crippen LogP contribution >= 0.6 is 0 Å². The van der Waals surface area contributed by atoms with E-state index >= 15 is 0 Å². The van der Waals surface area contributed by atoms with Gasteiger partial charge in [-0.15, -0.1) is 0 Å². The lowest BCUT2D eigenvalue weighted by atomic mass is 10.00. The van der Waals surface area contributed by atoms with Gasteiger partial charge in [-0.05, 0) is 48.1 Å². The first-order valence-corrected chi connectivity index (χ1v) is 13.2. The van der Waals surface area contributed by atoms with Gasteiger partial charge >= 0.3 is 0 Å². The van der Waals surface area contributed by atoms with Crippen LogP contribution in [-0.2, 0) is 6.54 Å². The molecule has 5 aromatic rings. The lowest BCUT2D eigenvalue weighted by molar-refractivity contribution is 0.271. The number of aliphatic hydroxyl groups excluding tert-OH is 1. The number of hydrogen-bond acceptors (Lipinski definition) is 6. The molecule has 0 unspecified atom stereocenters. The van der Waals surface area contributed by atoms with Crippen LogP contribution in [0.25, 0.3) is 33.4 Å². The average Bonchev–Trinajstić information content (AvgIpc) is 3.40. The Hall–Kier alpha value is -4.23. The molecule has 0 saturated heterocycles. The molecule has 3 aromatic carbocycles. The summed E-state index contributed by atoms with van der Waals surface area (Å²) in [5.41, 5.74) is 7.43. The topological polar surface area (TPSA) is 87.9 Å². The monoisotopic (exact) mass is 506 g/mol. The average molecular weight is 507 g/mol. The van der Waals surface area contributed by atoms with Gasteiger partial charge in [-0.1, -0.05) is 85.8 Å². The molecular formula is C31H34N6O. The number of aliphatic hydroxyl groups is 1. The molecule has 38 heavy (non-hydrogen) atoms. The van der Waals surface area contributed by atoms with Crippen LogP contribution in [0.3, 0.4) is 0 Å². The SMILES string of the molecule is CC[C@H](CO)Nc1nc(NCc2ccc(-c3ccc(-c4ccccc4)cc3)cc2)c2ncn(C(C)C)c2n1. The maximum atomic E-state index is 9.64. The Morgan fingerprint density at radius 3 is 2.00 bits per heavy atom. The molecule has 0 spiro atoms. The van der Waals surface area contributed by atoms with Crippen molar-refractivity contribution in [2.75, 3.05) is 17.2 Å². The van der Waals surface area contributed by atoms with E-state index < -0.39 is 0 Å². The summed E-state index contributed by atoms with van der Waals surface area (Å²) in [6.07, 6.45) is 2.58. The molecule has 7 heteroatoms. The summed E-state index contributed by atoms with van der Waals surface area (Å²) in [5.74, 6) is 1.16. The van der Waals surface area contributed by atoms with Crippen LogP contribution in [0.5, 0.6) is 0 Å². The van der Waals surface area contributed by atoms with Gasteiger partial charge in [-0.25, -0.2) is 4.98 Å². The van der Waals surface area contributed by atoms with Crippen molar-refractivity contribution in [2.45, 2.75) is 45.8 Å². The number of fused-ring (bicyclic) bond motifs is 1. The molecule has 7 nitrogen and oxygen atoms in total. The van der Waals surface area contributed by atoms with Gasteiger partial charge in [-0.3, -0.25) is 0 Å². The molecule has 2 heterocycles. The number of imidazole rings is 1. The molecule has 5 rings (SSSR count). The minimum absolute atomic E-state index is 0.0193. The number of nitrogens with one attached hydrogen (secondary N) is 2. The van der Waals surface area contributed by atoms with E-state index in [0.717, 1.165) is 23.1 Å². The Balaban J connectivity index is 1.33. The van der Waals surface area contributed by atoms with E-state index in [9.17, 15) is 5.11 Å². The Labute approximate surface area is 223 Å². The zero-order chi connectivity index (χ0) is 26.5. The van der Waals surface area contributed by atoms with Gasteiger partial charge in [0.1, 0.15) is 0 Å². The fraction of sp³-hybridized carbons (Fsp3) is 0.258. The van der Waals surface area contributed by atoms with Gasteiger partial charge in [-0.2, -0.15) is 9.97 Å². The van der Waals surface area contributed by atoms with Crippen LogP contribution in [-0.4, -0.2) is 37.3 Å². The van der Waals surface area contributed by atoms with Crippen molar-refractivity contribution in [2.24, 2.45) is 0 Å². The van der Waals surface area contributed by atoms with Crippen molar-refractivity contribution in [1.29, 1.82) is 0 Å². The first-order valence-electron chi connectivity index (χ1n) is 13.2. The molecule has 2 aromatic heterocycles. The van der Waals surface area contributed by atoms with Gasteiger partial charge in [0.25, 0.3) is 0 Å². The molecule has 0 saturated carbocycles.